The van der Waals surface area contributed by atoms with Crippen molar-refractivity contribution < 1.29 is 0 Å². The Labute approximate surface area is 108 Å². The van der Waals surface area contributed by atoms with Gasteiger partial charge in [-0.3, -0.25) is 4.79 Å². The van der Waals surface area contributed by atoms with Gasteiger partial charge >= 0.3 is 0 Å². The number of H-pyrrole nitrogens is 1. The van der Waals surface area contributed by atoms with Crippen LogP contribution in [-0.2, 0) is 5.75 Å². The second-order valence-electron chi connectivity index (χ2n) is 3.81. The Morgan fingerprint density at radius 1 is 1.39 bits per heavy atom. The molecule has 2 aromatic rings. The molecule has 0 radical (unpaired) electrons. The first-order chi connectivity index (χ1) is 8.54. The van der Waals surface area contributed by atoms with E-state index in [1.54, 1.807) is 20.0 Å². The number of hydrogen-bond donors (Lipinski definition) is 2. The van der Waals surface area contributed by atoms with Crippen molar-refractivity contribution >= 4 is 17.6 Å². The van der Waals surface area contributed by atoms with Crippen LogP contribution < -0.4 is 11.3 Å². The molecule has 18 heavy (non-hydrogen) atoms. The molecule has 0 aromatic carbocycles. The van der Waals surface area contributed by atoms with Gasteiger partial charge < -0.3 is 10.7 Å². The first-order valence-corrected chi connectivity index (χ1v) is 6.32. The van der Waals surface area contributed by atoms with E-state index in [4.69, 9.17) is 5.73 Å². The van der Waals surface area contributed by atoms with Crippen molar-refractivity contribution in [3.8, 4) is 0 Å². The summed E-state index contributed by atoms with van der Waals surface area (Å²) >= 11 is 1.40. The zero-order chi connectivity index (χ0) is 13.1. The highest BCUT2D eigenvalue weighted by atomic mass is 32.2. The maximum Gasteiger partial charge on any atom is 0.251 e. The summed E-state index contributed by atoms with van der Waals surface area (Å²) in [7, 11) is 0. The topological polar surface area (TPSA) is 97.5 Å². The molecule has 2 aromatic heterocycles. The highest BCUT2D eigenvalue weighted by molar-refractivity contribution is 7.98. The molecule has 0 fully saturated rings. The minimum atomic E-state index is -0.155. The molecular weight excluding hydrogens is 250 g/mol. The monoisotopic (exact) mass is 263 g/mol. The van der Waals surface area contributed by atoms with Gasteiger partial charge in [0.1, 0.15) is 11.6 Å². The molecule has 6 nitrogen and oxygen atoms in total. The molecule has 0 spiro atoms. The molecule has 0 aliphatic carbocycles. The van der Waals surface area contributed by atoms with E-state index in [0.29, 0.717) is 28.2 Å². The number of aromatic amines is 1. The highest BCUT2D eigenvalue weighted by Gasteiger charge is 2.05. The van der Waals surface area contributed by atoms with Crippen molar-refractivity contribution in [1.29, 1.82) is 0 Å². The van der Waals surface area contributed by atoms with Crippen LogP contribution >= 0.6 is 11.8 Å². The summed E-state index contributed by atoms with van der Waals surface area (Å²) in [6.45, 7) is 3.57. The minimum Gasteiger partial charge on any atom is -0.383 e. The zero-order valence-corrected chi connectivity index (χ0v) is 10.9. The van der Waals surface area contributed by atoms with Crippen LogP contribution in [0.3, 0.4) is 0 Å². The second-order valence-corrected chi connectivity index (χ2v) is 4.77. The van der Waals surface area contributed by atoms with Crippen molar-refractivity contribution in [2.24, 2.45) is 0 Å². The van der Waals surface area contributed by atoms with Crippen LogP contribution in [0.1, 0.15) is 17.1 Å². The number of nitrogens with one attached hydrogen (secondary N) is 1. The lowest BCUT2D eigenvalue weighted by Crippen LogP contribution is -2.08. The molecule has 2 heterocycles. The molecule has 2 rings (SSSR count). The van der Waals surface area contributed by atoms with Crippen LogP contribution in [0, 0.1) is 13.8 Å². The van der Waals surface area contributed by atoms with E-state index < -0.39 is 0 Å². The Kier molecular flexibility index (Phi) is 3.61. The fraction of sp³-hybridized carbons (Fsp3) is 0.273. The third-order valence-electron chi connectivity index (χ3n) is 2.23. The van der Waals surface area contributed by atoms with Gasteiger partial charge in [0.05, 0.1) is 0 Å². The van der Waals surface area contributed by atoms with E-state index in [1.165, 1.54) is 17.8 Å². The molecule has 3 N–H and O–H groups in total. The lowest BCUT2D eigenvalue weighted by molar-refractivity contribution is 0.904. The van der Waals surface area contributed by atoms with Crippen molar-refractivity contribution in [2.75, 3.05) is 5.73 Å². The summed E-state index contributed by atoms with van der Waals surface area (Å²) in [5.74, 6) is 1.67. The first kappa shape index (κ1) is 12.6. The molecule has 0 unspecified atom stereocenters. The Hall–Kier alpha value is -1.89. The van der Waals surface area contributed by atoms with Gasteiger partial charge in [-0.1, -0.05) is 11.8 Å². The molecule has 0 bridgehead atoms. The largest absolute Gasteiger partial charge is 0.383 e. The fourth-order valence-corrected chi connectivity index (χ4v) is 2.29. The second kappa shape index (κ2) is 5.18. The number of aromatic nitrogens is 4. The maximum atomic E-state index is 11.3. The molecule has 0 aliphatic rings. The number of anilines is 1. The Morgan fingerprint density at radius 2 is 2.17 bits per heavy atom. The number of nitrogens with zero attached hydrogens (tertiary/aromatic N) is 3. The number of thioether (sulfide) groups is 1. The minimum absolute atomic E-state index is 0.155. The van der Waals surface area contributed by atoms with Gasteiger partial charge in [-0.05, 0) is 13.8 Å². The summed E-state index contributed by atoms with van der Waals surface area (Å²) < 4.78 is 0. The Bertz CT molecular complexity index is 625. The zero-order valence-electron chi connectivity index (χ0n) is 10.1. The molecule has 0 saturated carbocycles. The first-order valence-electron chi connectivity index (χ1n) is 5.33. The van der Waals surface area contributed by atoms with Crippen LogP contribution in [0.25, 0.3) is 0 Å². The lowest BCUT2D eigenvalue weighted by Gasteiger charge is -2.04. The SMILES string of the molecule is Cc1cc(=O)[nH]c(SCc2cnc(C)nc2N)n1. The smallest absolute Gasteiger partial charge is 0.251 e. The van der Waals surface area contributed by atoms with Crippen LogP contribution in [0.4, 0.5) is 5.82 Å². The van der Waals surface area contributed by atoms with E-state index in [9.17, 15) is 4.79 Å². The van der Waals surface area contributed by atoms with Crippen LogP contribution in [0.5, 0.6) is 0 Å². The predicted molar refractivity (Wildman–Crippen MR) is 70.3 cm³/mol. The molecule has 7 heteroatoms. The average Bonchev–Trinajstić information content (AvgIpc) is 2.26. The van der Waals surface area contributed by atoms with E-state index in [1.807, 2.05) is 0 Å². The van der Waals surface area contributed by atoms with E-state index in [2.05, 4.69) is 19.9 Å². The number of hydrogen-bond acceptors (Lipinski definition) is 6. The number of aryl methyl sites for hydroxylation is 2. The summed E-state index contributed by atoms with van der Waals surface area (Å²) in [6.07, 6.45) is 1.69. The van der Waals surface area contributed by atoms with Gasteiger partial charge in [0, 0.05) is 29.3 Å². The third-order valence-corrected chi connectivity index (χ3v) is 3.15. The standard InChI is InChI=1S/C11H13N5OS/c1-6-3-9(17)16-11(14-6)18-5-8-4-13-7(2)15-10(8)12/h3-4H,5H2,1-2H3,(H2,12,13,15)(H,14,16,17). The number of nitrogens with two attached hydrogens (primary N) is 1. The van der Waals surface area contributed by atoms with Crippen LogP contribution in [-0.4, -0.2) is 19.9 Å². The molecule has 0 aliphatic heterocycles. The van der Waals surface area contributed by atoms with E-state index in [0.717, 1.165) is 5.56 Å². The van der Waals surface area contributed by atoms with Gasteiger partial charge in [0.2, 0.25) is 0 Å². The number of rotatable bonds is 3. The molecule has 94 valence electrons. The molecule has 0 atom stereocenters. The normalized spacial score (nSPS) is 10.6. The van der Waals surface area contributed by atoms with Gasteiger partial charge in [0.15, 0.2) is 5.16 Å². The Balaban J connectivity index is 2.13. The van der Waals surface area contributed by atoms with Crippen molar-refractivity contribution in [3.63, 3.8) is 0 Å². The maximum absolute atomic E-state index is 11.3. The average molecular weight is 263 g/mol. The van der Waals surface area contributed by atoms with Crippen molar-refractivity contribution in [2.45, 2.75) is 24.8 Å². The molecular formula is C11H13N5OS. The van der Waals surface area contributed by atoms with E-state index in [-0.39, 0.29) is 5.56 Å². The van der Waals surface area contributed by atoms with Crippen LogP contribution in [0.2, 0.25) is 0 Å². The van der Waals surface area contributed by atoms with Gasteiger partial charge in [-0.2, -0.15) is 0 Å². The number of nitrogen functional groups attached to an aromatic ring is 1. The summed E-state index contributed by atoms with van der Waals surface area (Å²) in [4.78, 5) is 26.3. The third kappa shape index (κ3) is 3.07. The van der Waals surface area contributed by atoms with E-state index >= 15 is 0 Å². The molecule has 0 amide bonds. The highest BCUT2D eigenvalue weighted by Crippen LogP contribution is 2.20. The predicted octanol–water partition coefficient (Wildman–Crippen LogP) is 1.05. The fourth-order valence-electron chi connectivity index (χ4n) is 1.39. The summed E-state index contributed by atoms with van der Waals surface area (Å²) in [6, 6.07) is 1.45. The van der Waals surface area contributed by atoms with Gasteiger partial charge in [-0.15, -0.1) is 0 Å². The summed E-state index contributed by atoms with van der Waals surface area (Å²) in [5.41, 5.74) is 7.15. The lowest BCUT2D eigenvalue weighted by atomic mass is 10.3. The van der Waals surface area contributed by atoms with Gasteiger partial charge in [0.25, 0.3) is 5.56 Å². The van der Waals surface area contributed by atoms with Gasteiger partial charge in [-0.25, -0.2) is 15.0 Å². The molecule has 0 saturated heterocycles. The van der Waals surface area contributed by atoms with Crippen molar-refractivity contribution in [3.05, 3.63) is 39.7 Å². The van der Waals surface area contributed by atoms with Crippen molar-refractivity contribution in [1.82, 2.24) is 19.9 Å². The summed E-state index contributed by atoms with van der Waals surface area (Å²) in [5, 5.41) is 0.569. The van der Waals surface area contributed by atoms with Crippen LogP contribution in [0.15, 0.2) is 22.2 Å². The Morgan fingerprint density at radius 3 is 2.83 bits per heavy atom. The quantitative estimate of drug-likeness (QED) is 0.634.